The first-order chi connectivity index (χ1) is 11.6. The first kappa shape index (κ1) is 15.7. The van der Waals surface area contributed by atoms with Crippen molar-refractivity contribution in [3.05, 3.63) is 74.8 Å². The Kier molecular flexibility index (Phi) is 4.24. The Morgan fingerprint density at radius 2 is 2.04 bits per heavy atom. The molecule has 0 aliphatic rings. The highest BCUT2D eigenvalue weighted by atomic mass is 16.6. The molecule has 1 aromatic heterocycles. The van der Waals surface area contributed by atoms with Gasteiger partial charge in [0.25, 0.3) is 11.2 Å². The van der Waals surface area contributed by atoms with Crippen molar-refractivity contribution in [3.63, 3.8) is 0 Å². The zero-order valence-electron chi connectivity index (χ0n) is 13.0. The molecule has 0 aliphatic heterocycles. The molecule has 0 bridgehead atoms. The normalized spacial score (nSPS) is 10.7. The van der Waals surface area contributed by atoms with Crippen molar-refractivity contribution in [2.75, 3.05) is 6.61 Å². The van der Waals surface area contributed by atoms with Crippen LogP contribution in [-0.4, -0.2) is 21.1 Å². The standard InChI is InChI=1S/C17H15N3O4/c1-12-4-2-7-15-16(12)18-11-19(17(15)21)8-9-24-14-6-3-5-13(10-14)20(22)23/h2-7,10-11H,8-9H2,1H3. The molecule has 7 nitrogen and oxygen atoms in total. The van der Waals surface area contributed by atoms with Crippen LogP contribution in [0.3, 0.4) is 0 Å². The molecule has 122 valence electrons. The molecule has 24 heavy (non-hydrogen) atoms. The van der Waals surface area contributed by atoms with E-state index in [1.165, 1.54) is 23.0 Å². The van der Waals surface area contributed by atoms with E-state index in [9.17, 15) is 14.9 Å². The fourth-order valence-corrected chi connectivity index (χ4v) is 2.45. The highest BCUT2D eigenvalue weighted by Crippen LogP contribution is 2.19. The summed E-state index contributed by atoms with van der Waals surface area (Å²) in [6, 6.07) is 11.4. The molecule has 0 atom stereocenters. The van der Waals surface area contributed by atoms with E-state index in [1.807, 2.05) is 19.1 Å². The van der Waals surface area contributed by atoms with Gasteiger partial charge in [-0.05, 0) is 24.6 Å². The molecule has 0 saturated heterocycles. The highest BCUT2D eigenvalue weighted by molar-refractivity contribution is 5.80. The Bertz CT molecular complexity index is 965. The van der Waals surface area contributed by atoms with Crippen LogP contribution in [0.25, 0.3) is 10.9 Å². The van der Waals surface area contributed by atoms with Crippen LogP contribution in [0.15, 0.2) is 53.6 Å². The number of ether oxygens (including phenoxy) is 1. The van der Waals surface area contributed by atoms with Gasteiger partial charge >= 0.3 is 0 Å². The molecular weight excluding hydrogens is 310 g/mol. The number of hydrogen-bond donors (Lipinski definition) is 0. The predicted molar refractivity (Wildman–Crippen MR) is 89.3 cm³/mol. The molecule has 3 aromatic rings. The second-order valence-electron chi connectivity index (χ2n) is 5.32. The third kappa shape index (κ3) is 3.10. The number of nitrogens with zero attached hydrogens (tertiary/aromatic N) is 3. The van der Waals surface area contributed by atoms with E-state index in [4.69, 9.17) is 4.74 Å². The van der Waals surface area contributed by atoms with Crippen LogP contribution in [-0.2, 0) is 6.54 Å². The molecule has 1 heterocycles. The topological polar surface area (TPSA) is 87.3 Å². The van der Waals surface area contributed by atoms with E-state index >= 15 is 0 Å². The average Bonchev–Trinajstić information content (AvgIpc) is 2.58. The lowest BCUT2D eigenvalue weighted by molar-refractivity contribution is -0.384. The minimum absolute atomic E-state index is 0.0347. The number of nitro benzene ring substituents is 1. The smallest absolute Gasteiger partial charge is 0.273 e. The molecular formula is C17H15N3O4. The second kappa shape index (κ2) is 6.49. The predicted octanol–water partition coefficient (Wildman–Crippen LogP) is 2.69. The first-order valence-corrected chi connectivity index (χ1v) is 7.38. The maximum Gasteiger partial charge on any atom is 0.273 e. The number of para-hydroxylation sites is 1. The Morgan fingerprint density at radius 3 is 2.83 bits per heavy atom. The molecule has 0 N–H and O–H groups in total. The summed E-state index contributed by atoms with van der Waals surface area (Å²) in [6.07, 6.45) is 1.49. The summed E-state index contributed by atoms with van der Waals surface area (Å²) in [6.45, 7) is 2.42. The van der Waals surface area contributed by atoms with Gasteiger partial charge in [-0.1, -0.05) is 18.2 Å². The minimum Gasteiger partial charge on any atom is -0.491 e. The molecule has 0 fully saturated rings. The Morgan fingerprint density at radius 1 is 1.25 bits per heavy atom. The van der Waals surface area contributed by atoms with Crippen LogP contribution >= 0.6 is 0 Å². The summed E-state index contributed by atoms with van der Waals surface area (Å²) >= 11 is 0. The van der Waals surface area contributed by atoms with E-state index in [2.05, 4.69) is 4.98 Å². The van der Waals surface area contributed by atoms with Gasteiger partial charge in [-0.25, -0.2) is 4.98 Å². The average molecular weight is 325 g/mol. The maximum atomic E-state index is 12.4. The van der Waals surface area contributed by atoms with Crippen LogP contribution in [0.5, 0.6) is 5.75 Å². The van der Waals surface area contributed by atoms with Gasteiger partial charge in [0.15, 0.2) is 0 Å². The van der Waals surface area contributed by atoms with Crippen LogP contribution in [0, 0.1) is 17.0 Å². The van der Waals surface area contributed by atoms with Crippen molar-refractivity contribution in [2.45, 2.75) is 13.5 Å². The van der Waals surface area contributed by atoms with Gasteiger partial charge in [0.05, 0.1) is 34.8 Å². The van der Waals surface area contributed by atoms with Crippen LogP contribution in [0.1, 0.15) is 5.56 Å². The van der Waals surface area contributed by atoms with Gasteiger partial charge in [-0.15, -0.1) is 0 Å². The molecule has 2 aromatic carbocycles. The SMILES string of the molecule is Cc1cccc2c(=O)n(CCOc3cccc([N+](=O)[O-])c3)cnc12. The zero-order chi connectivity index (χ0) is 17.1. The number of nitro groups is 1. The van der Waals surface area contributed by atoms with E-state index in [0.29, 0.717) is 23.2 Å². The molecule has 0 amide bonds. The summed E-state index contributed by atoms with van der Waals surface area (Å²) < 4.78 is 6.97. The number of aryl methyl sites for hydroxylation is 1. The van der Waals surface area contributed by atoms with E-state index in [1.54, 1.807) is 18.2 Å². The van der Waals surface area contributed by atoms with Gasteiger partial charge in [0.1, 0.15) is 12.4 Å². The fraction of sp³-hybridized carbons (Fsp3) is 0.176. The third-order valence-electron chi connectivity index (χ3n) is 3.68. The lowest BCUT2D eigenvalue weighted by Gasteiger charge is -2.09. The van der Waals surface area contributed by atoms with E-state index in [0.717, 1.165) is 5.56 Å². The van der Waals surface area contributed by atoms with Crippen LogP contribution in [0.4, 0.5) is 5.69 Å². The van der Waals surface area contributed by atoms with Crippen molar-refractivity contribution in [2.24, 2.45) is 0 Å². The quantitative estimate of drug-likeness (QED) is 0.531. The molecule has 3 rings (SSSR count). The summed E-state index contributed by atoms with van der Waals surface area (Å²) in [7, 11) is 0. The minimum atomic E-state index is -0.479. The summed E-state index contributed by atoms with van der Waals surface area (Å²) in [5, 5.41) is 11.3. The number of hydrogen-bond acceptors (Lipinski definition) is 5. The summed E-state index contributed by atoms with van der Waals surface area (Å²) in [5.41, 5.74) is 1.47. The van der Waals surface area contributed by atoms with Crippen molar-refractivity contribution in [3.8, 4) is 5.75 Å². The second-order valence-corrected chi connectivity index (χ2v) is 5.32. The number of non-ortho nitro benzene ring substituents is 1. The van der Waals surface area contributed by atoms with Crippen molar-refractivity contribution in [1.29, 1.82) is 0 Å². The van der Waals surface area contributed by atoms with Gasteiger partial charge in [-0.2, -0.15) is 0 Å². The Labute approximate surface area is 137 Å². The monoisotopic (exact) mass is 325 g/mol. The lowest BCUT2D eigenvalue weighted by Crippen LogP contribution is -2.23. The summed E-state index contributed by atoms with van der Waals surface area (Å²) in [5.74, 6) is 0.391. The molecule has 0 radical (unpaired) electrons. The van der Waals surface area contributed by atoms with Crippen molar-refractivity contribution in [1.82, 2.24) is 9.55 Å². The molecule has 7 heteroatoms. The van der Waals surface area contributed by atoms with Gasteiger partial charge in [-0.3, -0.25) is 19.5 Å². The number of benzene rings is 2. The third-order valence-corrected chi connectivity index (χ3v) is 3.68. The highest BCUT2D eigenvalue weighted by Gasteiger charge is 2.08. The van der Waals surface area contributed by atoms with Crippen LogP contribution < -0.4 is 10.3 Å². The van der Waals surface area contributed by atoms with Gasteiger partial charge in [0, 0.05) is 6.07 Å². The van der Waals surface area contributed by atoms with Crippen molar-refractivity contribution >= 4 is 16.6 Å². The first-order valence-electron chi connectivity index (χ1n) is 7.38. The maximum absolute atomic E-state index is 12.4. The number of fused-ring (bicyclic) bond motifs is 1. The van der Waals surface area contributed by atoms with E-state index in [-0.39, 0.29) is 17.9 Å². The zero-order valence-corrected chi connectivity index (χ0v) is 13.0. The number of aromatic nitrogens is 2. The Balaban J connectivity index is 1.75. The largest absolute Gasteiger partial charge is 0.491 e. The van der Waals surface area contributed by atoms with Crippen LogP contribution in [0.2, 0.25) is 0 Å². The lowest BCUT2D eigenvalue weighted by atomic mass is 10.1. The van der Waals surface area contributed by atoms with Gasteiger partial charge in [0.2, 0.25) is 0 Å². The number of rotatable bonds is 5. The molecule has 0 saturated carbocycles. The molecule has 0 unspecified atom stereocenters. The molecule has 0 spiro atoms. The molecule has 0 aliphatic carbocycles. The van der Waals surface area contributed by atoms with Gasteiger partial charge < -0.3 is 4.74 Å². The summed E-state index contributed by atoms with van der Waals surface area (Å²) in [4.78, 5) is 27.0. The fourth-order valence-electron chi connectivity index (χ4n) is 2.45. The van der Waals surface area contributed by atoms with Crippen molar-refractivity contribution < 1.29 is 9.66 Å². The Hall–Kier alpha value is -3.22. The van der Waals surface area contributed by atoms with E-state index < -0.39 is 4.92 Å².